The molecule has 0 atom stereocenters. The van der Waals surface area contributed by atoms with Gasteiger partial charge >= 0.3 is 0 Å². The van der Waals surface area contributed by atoms with Crippen molar-refractivity contribution < 1.29 is 37.5 Å². The number of hydrogen-bond acceptors (Lipinski definition) is 1. The summed E-state index contributed by atoms with van der Waals surface area (Å²) in [5, 5.41) is 2.68. The average molecular weight is 215 g/mol. The quantitative estimate of drug-likeness (QED) is 0.539. The zero-order valence-corrected chi connectivity index (χ0v) is 8.94. The van der Waals surface area contributed by atoms with Gasteiger partial charge in [-0.2, -0.15) is 6.41 Å². The first-order chi connectivity index (χ1) is 4.43. The van der Waals surface area contributed by atoms with Gasteiger partial charge in [0, 0.05) is 32.7 Å². The molecule has 1 aliphatic carbocycles. The van der Waals surface area contributed by atoms with Gasteiger partial charge in [-0.3, -0.25) is 0 Å². The molecule has 0 aromatic rings. The molecule has 1 saturated carbocycles. The fraction of sp³-hybridized carbons (Fsp3) is 0.857. The number of carbonyl (C=O) groups excluding carboxylic acids is 1. The van der Waals surface area contributed by atoms with E-state index in [9.17, 15) is 4.79 Å². The number of amides is 1. The maximum absolute atomic E-state index is 9.84. The van der Waals surface area contributed by atoms with E-state index < -0.39 is 0 Å². The zero-order chi connectivity index (χ0) is 6.53. The van der Waals surface area contributed by atoms with E-state index in [1.165, 1.54) is 19.3 Å². The van der Waals surface area contributed by atoms with Gasteiger partial charge in [-0.15, -0.1) is 0 Å². The van der Waals surface area contributed by atoms with E-state index in [1.807, 2.05) is 0 Å². The molecule has 1 N–H and O–H groups in total. The second-order valence-electron chi connectivity index (χ2n) is 2.58. The molecule has 10 heavy (non-hydrogen) atoms. The van der Waals surface area contributed by atoms with Crippen LogP contribution in [0.5, 0.6) is 0 Å². The van der Waals surface area contributed by atoms with Crippen LogP contribution in [0.4, 0.5) is 0 Å². The Labute approximate surface area is 87.0 Å². The molecule has 1 radical (unpaired) electrons. The second kappa shape index (κ2) is 6.29. The molecular formula is C7H12NOY-. The van der Waals surface area contributed by atoms with Gasteiger partial charge in [0.1, 0.15) is 0 Å². The molecule has 0 heterocycles. The van der Waals surface area contributed by atoms with Gasteiger partial charge in [-0.05, 0) is 18.9 Å². The SMILES string of the molecule is O=[C-]NC1CCCCC1.[Y]. The summed E-state index contributed by atoms with van der Waals surface area (Å²) in [5.74, 6) is 0. The first kappa shape index (κ1) is 10.6. The van der Waals surface area contributed by atoms with Crippen LogP contribution in [0.3, 0.4) is 0 Å². The van der Waals surface area contributed by atoms with Crippen LogP contribution in [-0.4, -0.2) is 12.5 Å². The van der Waals surface area contributed by atoms with Crippen LogP contribution in [0.2, 0.25) is 0 Å². The molecule has 2 nitrogen and oxygen atoms in total. The summed E-state index contributed by atoms with van der Waals surface area (Å²) < 4.78 is 0. The van der Waals surface area contributed by atoms with Crippen LogP contribution >= 0.6 is 0 Å². The van der Waals surface area contributed by atoms with Crippen molar-refractivity contribution in [1.29, 1.82) is 0 Å². The van der Waals surface area contributed by atoms with E-state index in [0.29, 0.717) is 6.04 Å². The molecule has 3 heteroatoms. The molecule has 55 valence electrons. The first-order valence-electron chi connectivity index (χ1n) is 3.56. The fourth-order valence-corrected chi connectivity index (χ4v) is 1.33. The molecule has 0 spiro atoms. The molecule has 0 aliphatic heterocycles. The monoisotopic (exact) mass is 215 g/mol. The Bertz CT molecular complexity index is 91.6. The summed E-state index contributed by atoms with van der Waals surface area (Å²) in [6.07, 6.45) is 7.89. The van der Waals surface area contributed by atoms with Gasteiger partial charge in [0.15, 0.2) is 0 Å². The summed E-state index contributed by atoms with van der Waals surface area (Å²) in [4.78, 5) is 9.84. The summed E-state index contributed by atoms with van der Waals surface area (Å²) in [5.41, 5.74) is 0. The predicted octanol–water partition coefficient (Wildman–Crippen LogP) is 0.973. The number of hydrogen-bond donors (Lipinski definition) is 1. The van der Waals surface area contributed by atoms with Gasteiger partial charge in [-0.25, -0.2) is 0 Å². The van der Waals surface area contributed by atoms with Crippen molar-refractivity contribution in [2.45, 2.75) is 38.1 Å². The smallest absolute Gasteiger partial charge is 0 e. The number of nitrogens with one attached hydrogen (secondary N) is 1. The zero-order valence-electron chi connectivity index (χ0n) is 6.10. The van der Waals surface area contributed by atoms with E-state index in [2.05, 4.69) is 5.32 Å². The Morgan fingerprint density at radius 2 is 1.80 bits per heavy atom. The van der Waals surface area contributed by atoms with Gasteiger partial charge in [0.2, 0.25) is 0 Å². The van der Waals surface area contributed by atoms with E-state index in [-0.39, 0.29) is 32.7 Å². The molecule has 0 saturated heterocycles. The third kappa shape index (κ3) is 3.67. The van der Waals surface area contributed by atoms with Crippen LogP contribution in [-0.2, 0) is 37.5 Å². The minimum absolute atomic E-state index is 0. The van der Waals surface area contributed by atoms with Crippen LogP contribution in [0, 0.1) is 0 Å². The average Bonchev–Trinajstić information content (AvgIpc) is 1.91. The molecular weight excluding hydrogens is 203 g/mol. The van der Waals surface area contributed by atoms with Crippen molar-refractivity contribution in [2.75, 3.05) is 0 Å². The summed E-state index contributed by atoms with van der Waals surface area (Å²) in [6, 6.07) is 0.427. The summed E-state index contributed by atoms with van der Waals surface area (Å²) in [6.45, 7) is 0. The minimum Gasteiger partial charge on any atom is -0.527 e. The van der Waals surface area contributed by atoms with Crippen molar-refractivity contribution in [3.8, 4) is 0 Å². The van der Waals surface area contributed by atoms with E-state index in [0.717, 1.165) is 12.8 Å². The van der Waals surface area contributed by atoms with Gasteiger partial charge in [0.05, 0.1) is 0 Å². The largest absolute Gasteiger partial charge is 0.527 e. The van der Waals surface area contributed by atoms with Crippen molar-refractivity contribution in [2.24, 2.45) is 0 Å². The number of rotatable bonds is 2. The molecule has 1 rings (SSSR count). The molecule has 0 aromatic heterocycles. The van der Waals surface area contributed by atoms with E-state index in [4.69, 9.17) is 0 Å². The van der Waals surface area contributed by atoms with Crippen molar-refractivity contribution in [1.82, 2.24) is 5.32 Å². The van der Waals surface area contributed by atoms with E-state index >= 15 is 0 Å². The van der Waals surface area contributed by atoms with Gasteiger partial charge in [-0.1, -0.05) is 19.3 Å². The minimum atomic E-state index is 0. The Morgan fingerprint density at radius 1 is 1.20 bits per heavy atom. The van der Waals surface area contributed by atoms with Crippen molar-refractivity contribution in [3.63, 3.8) is 0 Å². The Balaban J connectivity index is 0.000000810. The topological polar surface area (TPSA) is 29.1 Å². The van der Waals surface area contributed by atoms with Crippen LogP contribution in [0.25, 0.3) is 0 Å². The Morgan fingerprint density at radius 3 is 2.30 bits per heavy atom. The maximum atomic E-state index is 9.84. The fourth-order valence-electron chi connectivity index (χ4n) is 1.33. The second-order valence-corrected chi connectivity index (χ2v) is 2.58. The molecule has 1 aliphatic rings. The van der Waals surface area contributed by atoms with Crippen molar-refractivity contribution in [3.05, 3.63) is 0 Å². The summed E-state index contributed by atoms with van der Waals surface area (Å²) in [7, 11) is 0. The third-order valence-electron chi connectivity index (χ3n) is 1.87. The van der Waals surface area contributed by atoms with Crippen LogP contribution in [0.1, 0.15) is 32.1 Å². The standard InChI is InChI=1S/C7H12NO.Y/c9-6-8-7-4-2-1-3-5-7;/h7H,1-5H2,(H,8,9);/q-1;. The van der Waals surface area contributed by atoms with Crippen LogP contribution in [0.15, 0.2) is 0 Å². The predicted molar refractivity (Wildman–Crippen MR) is 35.7 cm³/mol. The normalized spacial score (nSPS) is 19.2. The van der Waals surface area contributed by atoms with Gasteiger partial charge < -0.3 is 10.1 Å². The Hall–Kier alpha value is 0.574. The molecule has 0 bridgehead atoms. The molecule has 0 unspecified atom stereocenters. The van der Waals surface area contributed by atoms with Crippen molar-refractivity contribution >= 4 is 6.41 Å². The van der Waals surface area contributed by atoms with Crippen LogP contribution < -0.4 is 5.32 Å². The maximum Gasteiger partial charge on any atom is 0 e. The van der Waals surface area contributed by atoms with E-state index in [1.54, 1.807) is 6.41 Å². The summed E-state index contributed by atoms with van der Waals surface area (Å²) >= 11 is 0. The Kier molecular flexibility index (Phi) is 6.66. The molecule has 1 fully saturated rings. The third-order valence-corrected chi connectivity index (χ3v) is 1.87. The molecule has 1 amide bonds. The molecule has 0 aromatic carbocycles. The van der Waals surface area contributed by atoms with Gasteiger partial charge in [0.25, 0.3) is 0 Å². The first-order valence-corrected chi connectivity index (χ1v) is 3.56.